The highest BCUT2D eigenvalue weighted by molar-refractivity contribution is 8.00. The Morgan fingerprint density at radius 2 is 1.82 bits per heavy atom. The highest BCUT2D eigenvalue weighted by Crippen LogP contribution is 2.38. The number of likely N-dealkylation sites (tertiary alicyclic amines) is 1. The molecule has 10 nitrogen and oxygen atoms in total. The number of carbonyl (C=O) groups is 2. The second kappa shape index (κ2) is 12.4. The summed E-state index contributed by atoms with van der Waals surface area (Å²) in [6.45, 7) is 5.06. The summed E-state index contributed by atoms with van der Waals surface area (Å²) >= 11 is 8.09. The maximum Gasteiger partial charge on any atom is 0.266 e. The molecule has 5 rings (SSSR count). The number of piperidine rings is 2. The van der Waals surface area contributed by atoms with E-state index in [2.05, 4.69) is 38.8 Å². The van der Waals surface area contributed by atoms with Crippen LogP contribution in [0.25, 0.3) is 0 Å². The van der Waals surface area contributed by atoms with Crippen LogP contribution in [0.5, 0.6) is 0 Å². The predicted octanol–water partition coefficient (Wildman–Crippen LogP) is -0.494. The molecule has 5 aliphatic rings. The van der Waals surface area contributed by atoms with Crippen LogP contribution in [0.3, 0.4) is 0 Å². The van der Waals surface area contributed by atoms with Crippen LogP contribution < -0.4 is 31.9 Å². The first-order chi connectivity index (χ1) is 18.2. The van der Waals surface area contributed by atoms with Gasteiger partial charge in [-0.3, -0.25) is 30.9 Å². The van der Waals surface area contributed by atoms with E-state index < -0.39 is 12.6 Å². The fourth-order valence-electron chi connectivity index (χ4n) is 6.74. The van der Waals surface area contributed by atoms with Gasteiger partial charge in [0.05, 0.1) is 23.4 Å². The van der Waals surface area contributed by atoms with Crippen molar-refractivity contribution in [1.82, 2.24) is 36.8 Å². The second-order valence-corrected chi connectivity index (χ2v) is 13.1. The first-order valence-corrected chi connectivity index (χ1v) is 15.0. The van der Waals surface area contributed by atoms with Crippen LogP contribution in [0.15, 0.2) is 0 Å². The van der Waals surface area contributed by atoms with Gasteiger partial charge in [-0.25, -0.2) is 8.78 Å². The molecule has 216 valence electrons. The Balaban J connectivity index is 1.13. The third kappa shape index (κ3) is 6.24. The van der Waals surface area contributed by atoms with Crippen molar-refractivity contribution in [3.8, 4) is 0 Å². The van der Waals surface area contributed by atoms with Gasteiger partial charge >= 0.3 is 0 Å². The van der Waals surface area contributed by atoms with E-state index in [9.17, 15) is 18.4 Å². The zero-order chi connectivity index (χ0) is 27.0. The molecule has 0 spiro atoms. The molecule has 0 radical (unpaired) electrons. The Morgan fingerprint density at radius 3 is 2.50 bits per heavy atom. The molecule has 5 aliphatic heterocycles. The summed E-state index contributed by atoms with van der Waals surface area (Å²) in [5, 5.41) is 19.1. The van der Waals surface area contributed by atoms with Gasteiger partial charge < -0.3 is 20.3 Å². The van der Waals surface area contributed by atoms with E-state index >= 15 is 0 Å². The molecule has 5 saturated heterocycles. The lowest BCUT2D eigenvalue weighted by Gasteiger charge is -2.45. The van der Waals surface area contributed by atoms with Crippen molar-refractivity contribution in [1.29, 1.82) is 0 Å². The average molecular weight is 580 g/mol. The Bertz CT molecular complexity index is 844. The summed E-state index contributed by atoms with van der Waals surface area (Å²) in [5.41, 5.74) is -0.338. The van der Waals surface area contributed by atoms with Gasteiger partial charge in [-0.05, 0) is 31.6 Å². The molecule has 0 aliphatic carbocycles. The van der Waals surface area contributed by atoms with Crippen LogP contribution in [-0.4, -0.2) is 110 Å². The van der Waals surface area contributed by atoms with Crippen molar-refractivity contribution >= 4 is 35.2 Å². The highest BCUT2D eigenvalue weighted by Gasteiger charge is 2.47. The standard InChI is InChI=1S/C24H40ClF2N7O3S/c1-11-3-13(14-4-19(25)29-8-17(14)37-2)15(7-28-11)22(35)33-24-32-16-9-34(10-18(16)38-24)23(36)12-5-30-21(20(26)27)31-6-12/h11-21,24,28-32H,3-10H2,1-2H3,(H,33,35). The molecule has 0 aromatic carbocycles. The molecule has 9 atom stereocenters. The van der Waals surface area contributed by atoms with Crippen LogP contribution >= 0.6 is 23.4 Å². The van der Waals surface area contributed by atoms with E-state index in [1.54, 1.807) is 18.9 Å². The molecule has 0 aromatic heterocycles. The lowest BCUT2D eigenvalue weighted by atomic mass is 9.70. The molecule has 5 heterocycles. The first kappa shape index (κ1) is 28.7. The first-order valence-electron chi connectivity index (χ1n) is 13.6. The van der Waals surface area contributed by atoms with E-state index in [0.717, 1.165) is 12.8 Å². The third-order valence-corrected chi connectivity index (χ3v) is 10.5. The smallest absolute Gasteiger partial charge is 0.266 e. The Kier molecular flexibility index (Phi) is 9.35. The van der Waals surface area contributed by atoms with Crippen LogP contribution in [0.4, 0.5) is 8.78 Å². The largest absolute Gasteiger partial charge is 0.380 e. The average Bonchev–Trinajstić information content (AvgIpc) is 3.47. The maximum atomic E-state index is 13.5. The molecular weight excluding hydrogens is 540 g/mol. The molecule has 0 aromatic rings. The number of nitrogens with one attached hydrogen (secondary N) is 6. The summed E-state index contributed by atoms with van der Waals surface area (Å²) in [5.74, 6) is -0.165. The normalized spacial score (nSPS) is 43.7. The molecule has 14 heteroatoms. The summed E-state index contributed by atoms with van der Waals surface area (Å²) in [4.78, 5) is 28.3. The van der Waals surface area contributed by atoms with E-state index in [0.29, 0.717) is 32.2 Å². The van der Waals surface area contributed by atoms with E-state index in [-0.39, 0.29) is 77.0 Å². The van der Waals surface area contributed by atoms with Crippen LogP contribution in [0, 0.1) is 23.7 Å². The lowest BCUT2D eigenvalue weighted by Crippen LogP contribution is -2.59. The minimum absolute atomic E-state index is 0.0207. The quantitative estimate of drug-likeness (QED) is 0.183. The van der Waals surface area contributed by atoms with Crippen LogP contribution in [-0.2, 0) is 14.3 Å². The molecule has 0 saturated carbocycles. The van der Waals surface area contributed by atoms with Gasteiger partial charge in [-0.15, -0.1) is 23.4 Å². The zero-order valence-corrected chi connectivity index (χ0v) is 23.4. The fraction of sp³-hybridized carbons (Fsp3) is 0.917. The van der Waals surface area contributed by atoms with Gasteiger partial charge in [0.1, 0.15) is 11.7 Å². The van der Waals surface area contributed by atoms with Gasteiger partial charge in [0, 0.05) is 63.7 Å². The number of halogens is 3. The summed E-state index contributed by atoms with van der Waals surface area (Å²) in [6.07, 6.45) is -1.89. The fourth-order valence-corrected chi connectivity index (χ4v) is 8.44. The molecular formula is C24H40ClF2N7O3S. The maximum absolute atomic E-state index is 13.5. The number of ether oxygens (including phenoxy) is 1. The Labute approximate surface area is 231 Å². The van der Waals surface area contributed by atoms with Crippen LogP contribution in [0.2, 0.25) is 0 Å². The zero-order valence-electron chi connectivity index (χ0n) is 21.8. The molecule has 2 amide bonds. The minimum atomic E-state index is -2.51. The summed E-state index contributed by atoms with van der Waals surface area (Å²) in [6, 6.07) is 0.398. The van der Waals surface area contributed by atoms with Gasteiger partial charge in [0.25, 0.3) is 6.43 Å². The molecule has 6 N–H and O–H groups in total. The number of carbonyl (C=O) groups excluding carboxylic acids is 2. The second-order valence-electron chi connectivity index (χ2n) is 11.3. The number of hydrogen-bond donors (Lipinski definition) is 6. The topological polar surface area (TPSA) is 119 Å². The van der Waals surface area contributed by atoms with Gasteiger partial charge in [-0.1, -0.05) is 0 Å². The van der Waals surface area contributed by atoms with Gasteiger partial charge in [0.2, 0.25) is 11.8 Å². The third-order valence-electron chi connectivity index (χ3n) is 8.81. The van der Waals surface area contributed by atoms with E-state index in [1.807, 2.05) is 4.90 Å². The van der Waals surface area contributed by atoms with E-state index in [4.69, 9.17) is 16.3 Å². The van der Waals surface area contributed by atoms with E-state index in [1.165, 1.54) is 0 Å². The predicted molar refractivity (Wildman–Crippen MR) is 142 cm³/mol. The number of thioether (sulfide) groups is 1. The van der Waals surface area contributed by atoms with Crippen molar-refractivity contribution in [3.63, 3.8) is 0 Å². The highest BCUT2D eigenvalue weighted by atomic mass is 35.5. The summed E-state index contributed by atoms with van der Waals surface area (Å²) < 4.78 is 31.5. The Hall–Kier alpha value is -0.800. The van der Waals surface area contributed by atoms with Gasteiger partial charge in [-0.2, -0.15) is 0 Å². The van der Waals surface area contributed by atoms with Crippen molar-refractivity contribution in [2.24, 2.45) is 23.7 Å². The number of hydrogen-bond acceptors (Lipinski definition) is 9. The number of amides is 2. The number of rotatable bonds is 6. The van der Waals surface area contributed by atoms with Crippen molar-refractivity contribution in [3.05, 3.63) is 0 Å². The van der Waals surface area contributed by atoms with Crippen molar-refractivity contribution in [2.45, 2.75) is 66.8 Å². The molecule has 0 bridgehead atoms. The van der Waals surface area contributed by atoms with Crippen LogP contribution in [0.1, 0.15) is 19.8 Å². The molecule has 5 fully saturated rings. The molecule has 9 unspecified atom stereocenters. The number of alkyl halides is 3. The Morgan fingerprint density at radius 1 is 1.05 bits per heavy atom. The minimum Gasteiger partial charge on any atom is -0.380 e. The SMILES string of the molecule is COC1CNC(Cl)CC1C1CC(C)NCC1C(=O)NC1NC2CN(C(=O)C3CNC(C(F)F)NC3)CC2S1. The molecule has 38 heavy (non-hydrogen) atoms. The summed E-state index contributed by atoms with van der Waals surface area (Å²) in [7, 11) is 1.72. The number of methoxy groups -OCH3 is 1. The van der Waals surface area contributed by atoms with Crippen molar-refractivity contribution in [2.75, 3.05) is 46.4 Å². The number of fused-ring (bicyclic) bond motifs is 1. The van der Waals surface area contributed by atoms with Crippen molar-refractivity contribution < 1.29 is 23.1 Å². The number of nitrogens with zero attached hydrogens (tertiary/aromatic N) is 1. The van der Waals surface area contributed by atoms with Gasteiger partial charge in [0.15, 0.2) is 0 Å². The monoisotopic (exact) mass is 579 g/mol. The lowest BCUT2D eigenvalue weighted by molar-refractivity contribution is -0.135.